The number of benzene rings is 2. The fourth-order valence-corrected chi connectivity index (χ4v) is 2.45. The second kappa shape index (κ2) is 6.27. The summed E-state index contributed by atoms with van der Waals surface area (Å²) in [6.45, 7) is 2.87. The van der Waals surface area contributed by atoms with Gasteiger partial charge in [0.1, 0.15) is 5.82 Å². The van der Waals surface area contributed by atoms with Gasteiger partial charge in [0, 0.05) is 19.7 Å². The van der Waals surface area contributed by atoms with Crippen LogP contribution in [0.25, 0.3) is 0 Å². The molecule has 2 aromatic rings. The van der Waals surface area contributed by atoms with Crippen LogP contribution in [-0.2, 0) is 13.0 Å². The van der Waals surface area contributed by atoms with Crippen molar-refractivity contribution in [2.45, 2.75) is 19.9 Å². The van der Waals surface area contributed by atoms with Gasteiger partial charge < -0.3 is 10.6 Å². The highest BCUT2D eigenvalue weighted by molar-refractivity contribution is 9.10. The van der Waals surface area contributed by atoms with Crippen LogP contribution in [0.5, 0.6) is 0 Å². The Balaban J connectivity index is 2.18. The summed E-state index contributed by atoms with van der Waals surface area (Å²) in [5.74, 6) is -0.341. The van der Waals surface area contributed by atoms with Crippen LogP contribution in [0.2, 0.25) is 0 Å². The summed E-state index contributed by atoms with van der Waals surface area (Å²) < 4.78 is 13.8. The molecule has 20 heavy (non-hydrogen) atoms. The van der Waals surface area contributed by atoms with Crippen molar-refractivity contribution < 1.29 is 4.39 Å². The Bertz CT molecular complexity index is 596. The third kappa shape index (κ3) is 3.31. The Hall–Kier alpha value is -1.55. The van der Waals surface area contributed by atoms with Gasteiger partial charge in [0.25, 0.3) is 0 Å². The van der Waals surface area contributed by atoms with Crippen molar-refractivity contribution in [3.8, 4) is 0 Å². The van der Waals surface area contributed by atoms with Crippen LogP contribution < -0.4 is 10.6 Å². The standard InChI is InChI=1S/C16H18BrFN2/c1-3-11-4-6-12(7-5-11)10-20(2)16-8-13(17)14(18)9-15(16)19/h4-9H,3,10,19H2,1-2H3. The van der Waals surface area contributed by atoms with E-state index in [-0.39, 0.29) is 5.82 Å². The van der Waals surface area contributed by atoms with Crippen LogP contribution in [0, 0.1) is 5.82 Å². The molecular weight excluding hydrogens is 319 g/mol. The summed E-state index contributed by atoms with van der Waals surface area (Å²) >= 11 is 3.20. The number of nitrogens with two attached hydrogens (primary N) is 1. The summed E-state index contributed by atoms with van der Waals surface area (Å²) in [7, 11) is 1.95. The SMILES string of the molecule is CCc1ccc(CN(C)c2cc(Br)c(F)cc2N)cc1. The Morgan fingerprint density at radius 3 is 2.35 bits per heavy atom. The molecule has 106 valence electrons. The molecule has 0 aliphatic heterocycles. The molecule has 0 unspecified atom stereocenters. The first-order chi connectivity index (χ1) is 9.51. The number of anilines is 2. The zero-order valence-electron chi connectivity index (χ0n) is 11.7. The third-order valence-corrected chi connectivity index (χ3v) is 3.94. The lowest BCUT2D eigenvalue weighted by Gasteiger charge is -2.22. The van der Waals surface area contributed by atoms with Crippen molar-refractivity contribution in [3.63, 3.8) is 0 Å². The minimum absolute atomic E-state index is 0.341. The number of halogens is 2. The van der Waals surface area contributed by atoms with Gasteiger partial charge in [-0.2, -0.15) is 0 Å². The molecule has 4 heteroatoms. The van der Waals surface area contributed by atoms with Crippen LogP contribution in [0.15, 0.2) is 40.9 Å². The van der Waals surface area contributed by atoms with Crippen molar-refractivity contribution >= 4 is 27.3 Å². The number of aryl methyl sites for hydroxylation is 1. The van der Waals surface area contributed by atoms with E-state index in [0.29, 0.717) is 10.2 Å². The van der Waals surface area contributed by atoms with E-state index in [0.717, 1.165) is 18.7 Å². The van der Waals surface area contributed by atoms with E-state index < -0.39 is 0 Å². The highest BCUT2D eigenvalue weighted by Crippen LogP contribution is 2.29. The highest BCUT2D eigenvalue weighted by Gasteiger charge is 2.10. The molecule has 0 aliphatic rings. The first kappa shape index (κ1) is 14.9. The van der Waals surface area contributed by atoms with E-state index in [1.165, 1.54) is 17.2 Å². The van der Waals surface area contributed by atoms with Crippen LogP contribution in [0.3, 0.4) is 0 Å². The quantitative estimate of drug-likeness (QED) is 0.840. The van der Waals surface area contributed by atoms with Gasteiger partial charge in [-0.1, -0.05) is 31.2 Å². The fourth-order valence-electron chi connectivity index (χ4n) is 2.12. The average Bonchev–Trinajstić information content (AvgIpc) is 2.43. The van der Waals surface area contributed by atoms with Crippen molar-refractivity contribution in [2.75, 3.05) is 17.7 Å². The summed E-state index contributed by atoms with van der Waals surface area (Å²) in [5, 5.41) is 0. The molecule has 0 saturated carbocycles. The second-order valence-corrected chi connectivity index (χ2v) is 5.71. The predicted molar refractivity (Wildman–Crippen MR) is 86.4 cm³/mol. The Labute approximate surface area is 127 Å². The highest BCUT2D eigenvalue weighted by atomic mass is 79.9. The molecule has 2 aromatic carbocycles. The van der Waals surface area contributed by atoms with Gasteiger partial charge in [0.2, 0.25) is 0 Å². The lowest BCUT2D eigenvalue weighted by molar-refractivity contribution is 0.621. The maximum absolute atomic E-state index is 13.4. The molecule has 0 spiro atoms. The largest absolute Gasteiger partial charge is 0.397 e. The van der Waals surface area contributed by atoms with E-state index in [1.807, 2.05) is 11.9 Å². The molecular formula is C16H18BrFN2. The molecule has 0 radical (unpaired) electrons. The third-order valence-electron chi connectivity index (χ3n) is 3.33. The van der Waals surface area contributed by atoms with E-state index in [4.69, 9.17) is 5.73 Å². The van der Waals surface area contributed by atoms with Crippen LogP contribution in [0.4, 0.5) is 15.8 Å². The van der Waals surface area contributed by atoms with Gasteiger partial charge in [-0.25, -0.2) is 4.39 Å². The molecule has 0 heterocycles. The molecule has 0 amide bonds. The number of hydrogen-bond acceptors (Lipinski definition) is 2. The minimum atomic E-state index is -0.341. The first-order valence-corrected chi connectivity index (χ1v) is 7.34. The maximum Gasteiger partial charge on any atom is 0.139 e. The molecule has 0 saturated heterocycles. The molecule has 0 aromatic heterocycles. The second-order valence-electron chi connectivity index (χ2n) is 4.85. The van der Waals surface area contributed by atoms with Crippen molar-refractivity contribution in [1.82, 2.24) is 0 Å². The Kier molecular flexibility index (Phi) is 4.65. The van der Waals surface area contributed by atoms with Gasteiger partial charge in [-0.15, -0.1) is 0 Å². The molecule has 2 rings (SSSR count). The van der Waals surface area contributed by atoms with E-state index in [1.54, 1.807) is 6.07 Å². The first-order valence-electron chi connectivity index (χ1n) is 6.54. The van der Waals surface area contributed by atoms with Crippen LogP contribution in [0.1, 0.15) is 18.1 Å². The van der Waals surface area contributed by atoms with Gasteiger partial charge in [0.15, 0.2) is 0 Å². The molecule has 0 atom stereocenters. The topological polar surface area (TPSA) is 29.3 Å². The fraction of sp³-hybridized carbons (Fsp3) is 0.250. The normalized spacial score (nSPS) is 10.6. The Morgan fingerprint density at radius 1 is 1.15 bits per heavy atom. The lowest BCUT2D eigenvalue weighted by atomic mass is 10.1. The number of nitrogens with zero attached hydrogens (tertiary/aromatic N) is 1. The van der Waals surface area contributed by atoms with E-state index in [9.17, 15) is 4.39 Å². The molecule has 0 aliphatic carbocycles. The molecule has 0 bridgehead atoms. The molecule has 2 N–H and O–H groups in total. The van der Waals surface area contributed by atoms with Crippen LogP contribution >= 0.6 is 15.9 Å². The monoisotopic (exact) mass is 336 g/mol. The zero-order chi connectivity index (χ0) is 14.7. The Morgan fingerprint density at radius 2 is 1.75 bits per heavy atom. The van der Waals surface area contributed by atoms with Crippen molar-refractivity contribution in [2.24, 2.45) is 0 Å². The maximum atomic E-state index is 13.4. The van der Waals surface area contributed by atoms with Crippen molar-refractivity contribution in [1.29, 1.82) is 0 Å². The van der Waals surface area contributed by atoms with Gasteiger partial charge in [0.05, 0.1) is 15.8 Å². The summed E-state index contributed by atoms with van der Waals surface area (Å²) in [5.41, 5.74) is 9.67. The van der Waals surface area contributed by atoms with Gasteiger partial charge in [-0.3, -0.25) is 0 Å². The predicted octanol–water partition coefficient (Wildman–Crippen LogP) is 4.37. The number of rotatable bonds is 4. The summed E-state index contributed by atoms with van der Waals surface area (Å²) in [6, 6.07) is 11.6. The minimum Gasteiger partial charge on any atom is -0.397 e. The number of hydrogen-bond donors (Lipinski definition) is 1. The number of nitrogen functional groups attached to an aromatic ring is 1. The smallest absolute Gasteiger partial charge is 0.139 e. The summed E-state index contributed by atoms with van der Waals surface area (Å²) in [4.78, 5) is 2.01. The van der Waals surface area contributed by atoms with Gasteiger partial charge in [-0.05, 0) is 39.5 Å². The van der Waals surface area contributed by atoms with E-state index >= 15 is 0 Å². The summed E-state index contributed by atoms with van der Waals surface area (Å²) in [6.07, 6.45) is 1.04. The van der Waals surface area contributed by atoms with Crippen LogP contribution in [-0.4, -0.2) is 7.05 Å². The van der Waals surface area contributed by atoms with Gasteiger partial charge >= 0.3 is 0 Å². The zero-order valence-corrected chi connectivity index (χ0v) is 13.2. The van der Waals surface area contributed by atoms with E-state index in [2.05, 4.69) is 47.1 Å². The average molecular weight is 337 g/mol. The molecule has 2 nitrogen and oxygen atoms in total. The lowest BCUT2D eigenvalue weighted by Crippen LogP contribution is -2.18. The van der Waals surface area contributed by atoms with Crippen molar-refractivity contribution in [3.05, 3.63) is 57.8 Å². The molecule has 0 fully saturated rings.